The molecule has 5 N–H and O–H groups in total. The molecule has 0 bridgehead atoms. The van der Waals surface area contributed by atoms with Crippen LogP contribution >= 0.6 is 23.1 Å². The monoisotopic (exact) mass is 273 g/mol. The van der Waals surface area contributed by atoms with Gasteiger partial charge in [-0.2, -0.15) is 16.8 Å². The zero-order valence-electron chi connectivity index (χ0n) is 9.47. The van der Waals surface area contributed by atoms with Crippen LogP contribution in [0.3, 0.4) is 0 Å². The second-order valence-electron chi connectivity index (χ2n) is 3.19. The molecule has 0 unspecified atom stereocenters. The van der Waals surface area contributed by atoms with Gasteiger partial charge in [-0.25, -0.2) is 4.98 Å². The predicted molar refractivity (Wildman–Crippen MR) is 72.4 cm³/mol. The van der Waals surface area contributed by atoms with Crippen molar-refractivity contribution in [2.45, 2.75) is 12.7 Å². The molecule has 0 atom stereocenters. The summed E-state index contributed by atoms with van der Waals surface area (Å²) in [6, 6.07) is 0. The molecule has 1 amide bonds. The van der Waals surface area contributed by atoms with Gasteiger partial charge in [-0.05, 0) is 0 Å². The SMILES string of the molecule is CC(=O)NCCSCc1csc(N=C(N)N)n1. The molecule has 0 aliphatic carbocycles. The molecule has 0 fully saturated rings. The Morgan fingerprint density at radius 1 is 1.65 bits per heavy atom. The Kier molecular flexibility index (Phi) is 5.78. The van der Waals surface area contributed by atoms with Crippen LogP contribution in [0.25, 0.3) is 0 Å². The van der Waals surface area contributed by atoms with Crippen LogP contribution in [-0.4, -0.2) is 29.1 Å². The minimum atomic E-state index is -0.00528. The van der Waals surface area contributed by atoms with Crippen molar-refractivity contribution in [2.75, 3.05) is 12.3 Å². The summed E-state index contributed by atoms with van der Waals surface area (Å²) in [5.41, 5.74) is 11.4. The maximum Gasteiger partial charge on any atom is 0.216 e. The molecule has 0 aliphatic heterocycles. The number of guanidine groups is 1. The Balaban J connectivity index is 2.26. The molecule has 17 heavy (non-hydrogen) atoms. The summed E-state index contributed by atoms with van der Waals surface area (Å²) in [5.74, 6) is 1.66. The Bertz CT molecular complexity index is 400. The minimum absolute atomic E-state index is 0.00528. The number of amides is 1. The Hall–Kier alpha value is -1.28. The number of thioether (sulfide) groups is 1. The van der Waals surface area contributed by atoms with Crippen LogP contribution < -0.4 is 16.8 Å². The number of rotatable bonds is 6. The summed E-state index contributed by atoms with van der Waals surface area (Å²) in [6.07, 6.45) is 0. The van der Waals surface area contributed by atoms with Crippen molar-refractivity contribution in [1.82, 2.24) is 10.3 Å². The van der Waals surface area contributed by atoms with Crippen molar-refractivity contribution in [3.8, 4) is 0 Å². The van der Waals surface area contributed by atoms with Crippen LogP contribution in [0.1, 0.15) is 12.6 Å². The molecular weight excluding hydrogens is 258 g/mol. The summed E-state index contributed by atoms with van der Waals surface area (Å²) >= 11 is 3.10. The highest BCUT2D eigenvalue weighted by atomic mass is 32.2. The van der Waals surface area contributed by atoms with Crippen LogP contribution in [0, 0.1) is 0 Å². The summed E-state index contributed by atoms with van der Waals surface area (Å²) in [7, 11) is 0. The molecule has 1 rings (SSSR count). The Morgan fingerprint density at radius 2 is 2.41 bits per heavy atom. The lowest BCUT2D eigenvalue weighted by atomic mass is 10.6. The lowest BCUT2D eigenvalue weighted by Gasteiger charge is -2.00. The molecule has 1 heterocycles. The first-order valence-corrected chi connectivity index (χ1v) is 6.97. The van der Waals surface area contributed by atoms with Gasteiger partial charge in [-0.15, -0.1) is 11.3 Å². The molecule has 0 saturated carbocycles. The van der Waals surface area contributed by atoms with Gasteiger partial charge in [0, 0.05) is 30.4 Å². The fraction of sp³-hybridized carbons (Fsp3) is 0.444. The first kappa shape index (κ1) is 13.8. The third-order valence-corrected chi connectivity index (χ3v) is 3.41. The Labute approximate surface area is 108 Å². The second-order valence-corrected chi connectivity index (χ2v) is 5.14. The standard InChI is InChI=1S/C9H15N5OS2/c1-6(15)12-2-3-16-4-7-5-17-9(13-7)14-8(10)11/h5H,2-4H2,1H3,(H,12,15)(H4,10,11,13,14). The number of nitrogens with zero attached hydrogens (tertiary/aromatic N) is 2. The summed E-state index contributed by atoms with van der Waals surface area (Å²) < 4.78 is 0. The number of carbonyl (C=O) groups is 1. The number of aromatic nitrogens is 1. The van der Waals surface area contributed by atoms with E-state index in [-0.39, 0.29) is 11.9 Å². The predicted octanol–water partition coefficient (Wildman–Crippen LogP) is 0.417. The van der Waals surface area contributed by atoms with Crippen LogP contribution in [-0.2, 0) is 10.5 Å². The van der Waals surface area contributed by atoms with E-state index in [0.717, 1.165) is 17.2 Å². The van der Waals surface area contributed by atoms with Gasteiger partial charge < -0.3 is 16.8 Å². The number of nitrogens with two attached hydrogens (primary N) is 2. The largest absolute Gasteiger partial charge is 0.370 e. The first-order chi connectivity index (χ1) is 8.08. The summed E-state index contributed by atoms with van der Waals surface area (Å²) in [6.45, 7) is 2.18. The lowest BCUT2D eigenvalue weighted by molar-refractivity contribution is -0.118. The third-order valence-electron chi connectivity index (χ3n) is 1.63. The van der Waals surface area contributed by atoms with E-state index in [1.807, 2.05) is 5.38 Å². The van der Waals surface area contributed by atoms with E-state index in [9.17, 15) is 4.79 Å². The van der Waals surface area contributed by atoms with E-state index >= 15 is 0 Å². The molecular formula is C9H15N5OS2. The van der Waals surface area contributed by atoms with E-state index < -0.39 is 0 Å². The van der Waals surface area contributed by atoms with E-state index in [1.165, 1.54) is 18.3 Å². The van der Waals surface area contributed by atoms with Crippen LogP contribution in [0.15, 0.2) is 10.4 Å². The van der Waals surface area contributed by atoms with Crippen molar-refractivity contribution < 1.29 is 4.79 Å². The highest BCUT2D eigenvalue weighted by Crippen LogP contribution is 2.21. The number of hydrogen-bond donors (Lipinski definition) is 3. The smallest absolute Gasteiger partial charge is 0.216 e. The number of carbonyl (C=O) groups excluding carboxylic acids is 1. The van der Waals surface area contributed by atoms with Crippen molar-refractivity contribution in [3.63, 3.8) is 0 Å². The third kappa shape index (κ3) is 6.12. The van der Waals surface area contributed by atoms with Crippen molar-refractivity contribution in [2.24, 2.45) is 16.5 Å². The number of nitrogens with one attached hydrogen (secondary N) is 1. The van der Waals surface area contributed by atoms with E-state index in [2.05, 4.69) is 15.3 Å². The summed E-state index contributed by atoms with van der Waals surface area (Å²) in [5, 5.41) is 5.23. The summed E-state index contributed by atoms with van der Waals surface area (Å²) in [4.78, 5) is 18.7. The zero-order chi connectivity index (χ0) is 12.7. The van der Waals surface area contributed by atoms with E-state index in [4.69, 9.17) is 11.5 Å². The molecule has 0 aromatic carbocycles. The molecule has 0 radical (unpaired) electrons. The minimum Gasteiger partial charge on any atom is -0.370 e. The average Bonchev–Trinajstić information content (AvgIpc) is 2.63. The van der Waals surface area contributed by atoms with E-state index in [1.54, 1.807) is 11.8 Å². The highest BCUT2D eigenvalue weighted by molar-refractivity contribution is 7.98. The van der Waals surface area contributed by atoms with E-state index in [0.29, 0.717) is 11.7 Å². The van der Waals surface area contributed by atoms with Gasteiger partial charge in [0.1, 0.15) is 0 Å². The van der Waals surface area contributed by atoms with Gasteiger partial charge in [0.25, 0.3) is 0 Å². The normalized spacial score (nSPS) is 9.94. The molecule has 94 valence electrons. The number of thiazole rings is 1. The molecule has 0 aliphatic rings. The average molecular weight is 273 g/mol. The second kappa shape index (κ2) is 7.13. The van der Waals surface area contributed by atoms with Gasteiger partial charge >= 0.3 is 0 Å². The highest BCUT2D eigenvalue weighted by Gasteiger charge is 2.01. The van der Waals surface area contributed by atoms with Crippen molar-refractivity contribution >= 4 is 40.1 Å². The maximum atomic E-state index is 10.6. The van der Waals surface area contributed by atoms with Gasteiger partial charge in [0.05, 0.1) is 5.69 Å². The molecule has 0 saturated heterocycles. The molecule has 0 spiro atoms. The topological polar surface area (TPSA) is 106 Å². The van der Waals surface area contributed by atoms with Crippen molar-refractivity contribution in [1.29, 1.82) is 0 Å². The van der Waals surface area contributed by atoms with Crippen LogP contribution in [0.2, 0.25) is 0 Å². The van der Waals surface area contributed by atoms with Crippen LogP contribution in [0.5, 0.6) is 0 Å². The van der Waals surface area contributed by atoms with Crippen LogP contribution in [0.4, 0.5) is 5.13 Å². The van der Waals surface area contributed by atoms with Gasteiger partial charge in [-0.3, -0.25) is 4.79 Å². The fourth-order valence-electron chi connectivity index (χ4n) is 1.00. The quantitative estimate of drug-likeness (QED) is 0.395. The maximum absolute atomic E-state index is 10.6. The van der Waals surface area contributed by atoms with Gasteiger partial charge in [0.15, 0.2) is 5.96 Å². The molecule has 8 heteroatoms. The van der Waals surface area contributed by atoms with Gasteiger partial charge in [-0.1, -0.05) is 0 Å². The molecule has 1 aromatic rings. The Morgan fingerprint density at radius 3 is 3.06 bits per heavy atom. The van der Waals surface area contributed by atoms with Crippen molar-refractivity contribution in [3.05, 3.63) is 11.1 Å². The first-order valence-electron chi connectivity index (χ1n) is 4.94. The number of aliphatic imine (C=N–C) groups is 1. The van der Waals surface area contributed by atoms with Gasteiger partial charge in [0.2, 0.25) is 11.0 Å². The zero-order valence-corrected chi connectivity index (χ0v) is 11.1. The molecule has 6 nitrogen and oxygen atoms in total. The fourth-order valence-corrected chi connectivity index (χ4v) is 2.56. The lowest BCUT2D eigenvalue weighted by Crippen LogP contribution is -2.22. The molecule has 1 aromatic heterocycles. The number of hydrogen-bond acceptors (Lipinski definition) is 5.